The molecule has 5 aromatic rings. The van der Waals surface area contributed by atoms with Crippen LogP contribution >= 0.6 is 11.6 Å². The van der Waals surface area contributed by atoms with E-state index in [1.807, 2.05) is 65.6 Å². The predicted octanol–water partition coefficient (Wildman–Crippen LogP) is 7.22. The van der Waals surface area contributed by atoms with Crippen molar-refractivity contribution in [2.45, 2.75) is 13.0 Å². The van der Waals surface area contributed by atoms with Gasteiger partial charge < -0.3 is 4.90 Å². The second-order valence-electron chi connectivity index (χ2n) is 8.76. The zero-order chi connectivity index (χ0) is 25.6. The predicted molar refractivity (Wildman–Crippen MR) is 145 cm³/mol. The zero-order valence-corrected chi connectivity index (χ0v) is 20.9. The van der Waals surface area contributed by atoms with Crippen LogP contribution in [0.1, 0.15) is 21.6 Å². The van der Waals surface area contributed by atoms with Crippen LogP contribution < -0.4 is 0 Å². The highest BCUT2D eigenvalue weighted by Gasteiger charge is 2.23. The molecule has 0 spiro atoms. The van der Waals surface area contributed by atoms with Crippen LogP contribution in [-0.4, -0.2) is 27.1 Å². The maximum absolute atomic E-state index is 14.1. The fourth-order valence-electron chi connectivity index (χ4n) is 4.23. The van der Waals surface area contributed by atoms with Gasteiger partial charge in [0.15, 0.2) is 0 Å². The molecule has 0 aliphatic rings. The summed E-state index contributed by atoms with van der Waals surface area (Å²) in [6, 6.07) is 35.1. The van der Waals surface area contributed by atoms with Crippen molar-refractivity contribution in [3.05, 3.63) is 143 Å². The SMILES string of the molecule is O=C(c1cc(-c2ccc(F)cc2)nn1-c1cccc(Cl)c1)N(CCc1ccccc1)Cc1ccccc1. The molecule has 4 nitrogen and oxygen atoms in total. The Hall–Kier alpha value is -4.22. The van der Waals surface area contributed by atoms with Gasteiger partial charge in [0, 0.05) is 23.7 Å². The Morgan fingerprint density at radius 3 is 2.16 bits per heavy atom. The molecule has 0 aliphatic carbocycles. The molecule has 0 atom stereocenters. The minimum Gasteiger partial charge on any atom is -0.333 e. The first-order valence-electron chi connectivity index (χ1n) is 12.1. The molecule has 1 amide bonds. The van der Waals surface area contributed by atoms with Crippen LogP contribution in [0.5, 0.6) is 0 Å². The number of rotatable bonds is 8. The molecule has 0 saturated heterocycles. The van der Waals surface area contributed by atoms with Crippen LogP contribution in [-0.2, 0) is 13.0 Å². The van der Waals surface area contributed by atoms with Crippen molar-refractivity contribution in [1.82, 2.24) is 14.7 Å². The van der Waals surface area contributed by atoms with Gasteiger partial charge in [-0.05, 0) is 66.1 Å². The highest BCUT2D eigenvalue weighted by Crippen LogP contribution is 2.25. The third-order valence-corrected chi connectivity index (χ3v) is 6.37. The number of hydrogen-bond donors (Lipinski definition) is 0. The summed E-state index contributed by atoms with van der Waals surface area (Å²) < 4.78 is 15.2. The van der Waals surface area contributed by atoms with Gasteiger partial charge in [-0.15, -0.1) is 0 Å². The van der Waals surface area contributed by atoms with E-state index in [1.165, 1.54) is 12.1 Å². The van der Waals surface area contributed by atoms with Crippen molar-refractivity contribution in [2.24, 2.45) is 0 Å². The molecular formula is C31H25ClFN3O. The summed E-state index contributed by atoms with van der Waals surface area (Å²) in [5.74, 6) is -0.482. The molecule has 0 bridgehead atoms. The lowest BCUT2D eigenvalue weighted by Crippen LogP contribution is -2.34. The summed E-state index contributed by atoms with van der Waals surface area (Å²) in [6.07, 6.45) is 0.718. The second-order valence-corrected chi connectivity index (χ2v) is 9.20. The Kier molecular flexibility index (Phi) is 7.43. The highest BCUT2D eigenvalue weighted by molar-refractivity contribution is 6.30. The first kappa shape index (κ1) is 24.5. The molecule has 0 unspecified atom stereocenters. The number of aromatic nitrogens is 2. The minimum atomic E-state index is -0.329. The van der Waals surface area contributed by atoms with Gasteiger partial charge >= 0.3 is 0 Å². The standard InChI is InChI=1S/C31H25ClFN3O/c32-26-12-7-13-28(20-26)36-30(21-29(34-36)25-14-16-27(33)17-15-25)31(37)35(22-24-10-5-2-6-11-24)19-18-23-8-3-1-4-9-23/h1-17,20-21H,18-19,22H2. The molecule has 1 heterocycles. The largest absolute Gasteiger partial charge is 0.333 e. The number of hydrogen-bond acceptors (Lipinski definition) is 2. The molecular weight excluding hydrogens is 485 g/mol. The Morgan fingerprint density at radius 2 is 1.49 bits per heavy atom. The lowest BCUT2D eigenvalue weighted by molar-refractivity contribution is 0.0736. The minimum absolute atomic E-state index is 0.152. The van der Waals surface area contributed by atoms with Crippen molar-refractivity contribution in [2.75, 3.05) is 6.54 Å². The molecule has 0 fully saturated rings. The van der Waals surface area contributed by atoms with Gasteiger partial charge in [-0.25, -0.2) is 9.07 Å². The van der Waals surface area contributed by atoms with E-state index in [4.69, 9.17) is 16.7 Å². The molecule has 0 N–H and O–H groups in total. The van der Waals surface area contributed by atoms with Crippen LogP contribution in [0.25, 0.3) is 16.9 Å². The Morgan fingerprint density at radius 1 is 0.811 bits per heavy atom. The third kappa shape index (κ3) is 5.96. The maximum Gasteiger partial charge on any atom is 0.272 e. The first-order chi connectivity index (χ1) is 18.1. The number of benzene rings is 4. The molecule has 0 aliphatic heterocycles. The lowest BCUT2D eigenvalue weighted by atomic mass is 10.1. The lowest BCUT2D eigenvalue weighted by Gasteiger charge is -2.23. The zero-order valence-electron chi connectivity index (χ0n) is 20.1. The van der Waals surface area contributed by atoms with E-state index in [-0.39, 0.29) is 11.7 Å². The van der Waals surface area contributed by atoms with Gasteiger partial charge in [-0.3, -0.25) is 4.79 Å². The Bertz CT molecular complexity index is 1480. The van der Waals surface area contributed by atoms with E-state index in [1.54, 1.807) is 35.0 Å². The van der Waals surface area contributed by atoms with E-state index in [0.29, 0.717) is 35.2 Å². The fourth-order valence-corrected chi connectivity index (χ4v) is 4.41. The summed E-state index contributed by atoms with van der Waals surface area (Å²) in [4.78, 5) is 16.0. The topological polar surface area (TPSA) is 38.1 Å². The van der Waals surface area contributed by atoms with Crippen LogP contribution in [0.2, 0.25) is 5.02 Å². The van der Waals surface area contributed by atoms with Crippen molar-refractivity contribution >= 4 is 17.5 Å². The Balaban J connectivity index is 1.54. The smallest absolute Gasteiger partial charge is 0.272 e. The Labute approximate surface area is 220 Å². The first-order valence-corrected chi connectivity index (χ1v) is 12.4. The summed E-state index contributed by atoms with van der Waals surface area (Å²) in [6.45, 7) is 0.990. The quantitative estimate of drug-likeness (QED) is 0.221. The van der Waals surface area contributed by atoms with E-state index in [2.05, 4.69) is 12.1 Å². The molecule has 4 aromatic carbocycles. The van der Waals surface area contributed by atoms with Gasteiger partial charge in [-0.1, -0.05) is 78.3 Å². The van der Waals surface area contributed by atoms with E-state index in [9.17, 15) is 9.18 Å². The second kappa shape index (κ2) is 11.2. The van der Waals surface area contributed by atoms with E-state index in [0.717, 1.165) is 23.1 Å². The fraction of sp³-hybridized carbons (Fsp3) is 0.0968. The summed E-state index contributed by atoms with van der Waals surface area (Å²) >= 11 is 6.28. The van der Waals surface area contributed by atoms with Gasteiger partial charge in [0.05, 0.1) is 11.4 Å². The molecule has 6 heteroatoms. The molecule has 1 aromatic heterocycles. The molecule has 184 valence electrons. The molecule has 5 rings (SSSR count). The van der Waals surface area contributed by atoms with Gasteiger partial charge in [0.2, 0.25) is 0 Å². The van der Waals surface area contributed by atoms with Crippen molar-refractivity contribution in [3.8, 4) is 16.9 Å². The van der Waals surface area contributed by atoms with Crippen LogP contribution in [0.15, 0.2) is 115 Å². The normalized spacial score (nSPS) is 10.9. The van der Waals surface area contributed by atoms with Gasteiger partial charge in [-0.2, -0.15) is 5.10 Å². The summed E-state index contributed by atoms with van der Waals surface area (Å²) in [5, 5.41) is 5.28. The highest BCUT2D eigenvalue weighted by atomic mass is 35.5. The van der Waals surface area contributed by atoms with Crippen LogP contribution in [0, 0.1) is 5.82 Å². The van der Waals surface area contributed by atoms with Crippen LogP contribution in [0.4, 0.5) is 4.39 Å². The summed E-state index contributed by atoms with van der Waals surface area (Å²) in [7, 11) is 0. The summed E-state index contributed by atoms with van der Waals surface area (Å²) in [5.41, 5.74) is 4.57. The maximum atomic E-state index is 14.1. The average Bonchev–Trinajstić information content (AvgIpc) is 3.38. The van der Waals surface area contributed by atoms with E-state index >= 15 is 0 Å². The molecule has 0 saturated carbocycles. The third-order valence-electron chi connectivity index (χ3n) is 6.14. The van der Waals surface area contributed by atoms with Gasteiger partial charge in [0.25, 0.3) is 5.91 Å². The van der Waals surface area contributed by atoms with Crippen molar-refractivity contribution in [3.63, 3.8) is 0 Å². The van der Waals surface area contributed by atoms with Crippen molar-refractivity contribution in [1.29, 1.82) is 0 Å². The number of carbonyl (C=O) groups is 1. The van der Waals surface area contributed by atoms with E-state index < -0.39 is 0 Å². The average molecular weight is 510 g/mol. The monoisotopic (exact) mass is 509 g/mol. The number of nitrogens with zero attached hydrogens (tertiary/aromatic N) is 3. The number of halogens is 2. The number of carbonyl (C=O) groups excluding carboxylic acids is 1. The van der Waals surface area contributed by atoms with Crippen molar-refractivity contribution < 1.29 is 9.18 Å². The van der Waals surface area contributed by atoms with Gasteiger partial charge in [0.1, 0.15) is 11.5 Å². The van der Waals surface area contributed by atoms with Crippen LogP contribution in [0.3, 0.4) is 0 Å². The molecule has 37 heavy (non-hydrogen) atoms. The number of amides is 1. The molecule has 0 radical (unpaired) electrons.